The largest absolute Gasteiger partial charge is 0.493 e. The van der Waals surface area contributed by atoms with E-state index in [-0.39, 0.29) is 12.5 Å². The summed E-state index contributed by atoms with van der Waals surface area (Å²) in [5, 5.41) is 9.01. The Bertz CT molecular complexity index is 552. The van der Waals surface area contributed by atoms with Gasteiger partial charge in [0.2, 0.25) is 5.91 Å². The number of hydrogen-bond donors (Lipinski definition) is 3. The number of rotatable bonds is 12. The van der Waals surface area contributed by atoms with Crippen molar-refractivity contribution in [3.8, 4) is 5.75 Å². The van der Waals surface area contributed by atoms with Crippen molar-refractivity contribution in [2.24, 2.45) is 4.99 Å². The maximum Gasteiger partial charge on any atom is 0.241 e. The smallest absolute Gasteiger partial charge is 0.241 e. The molecule has 0 saturated carbocycles. The highest BCUT2D eigenvalue weighted by Crippen LogP contribution is 2.17. The molecule has 1 rings (SSSR count). The molecule has 1 aromatic rings. The average Bonchev–Trinajstić information content (AvgIpc) is 2.64. The van der Waals surface area contributed by atoms with Crippen molar-refractivity contribution < 1.29 is 19.0 Å². The molecule has 3 N–H and O–H groups in total. The summed E-state index contributed by atoms with van der Waals surface area (Å²) in [6, 6.07) is 7.59. The molecule has 8 nitrogen and oxygen atoms in total. The molecule has 0 aliphatic carbocycles. The van der Waals surface area contributed by atoms with Crippen molar-refractivity contribution in [3.05, 3.63) is 24.3 Å². The normalized spacial score (nSPS) is 11.1. The highest BCUT2D eigenvalue weighted by Gasteiger charge is 2.04. The summed E-state index contributed by atoms with van der Waals surface area (Å²) in [7, 11) is 3.26. The third-order valence-electron chi connectivity index (χ3n) is 3.21. The molecule has 1 amide bonds. The highest BCUT2D eigenvalue weighted by molar-refractivity contribution is 5.95. The number of carbonyl (C=O) groups excluding carboxylic acids is 1. The molecule has 0 aliphatic rings. The zero-order chi connectivity index (χ0) is 19.0. The van der Waals surface area contributed by atoms with E-state index in [2.05, 4.69) is 20.9 Å². The van der Waals surface area contributed by atoms with Crippen LogP contribution in [-0.4, -0.2) is 65.5 Å². The van der Waals surface area contributed by atoms with Crippen LogP contribution < -0.4 is 20.7 Å². The molecule has 8 heteroatoms. The van der Waals surface area contributed by atoms with Gasteiger partial charge in [0, 0.05) is 52.1 Å². The maximum atomic E-state index is 11.7. The predicted octanol–water partition coefficient (Wildman–Crippen LogP) is 1.24. The van der Waals surface area contributed by atoms with Crippen LogP contribution in [0.2, 0.25) is 0 Å². The summed E-state index contributed by atoms with van der Waals surface area (Å²) < 4.78 is 15.6. The summed E-state index contributed by atoms with van der Waals surface area (Å²) in [6.45, 7) is 4.89. The number of methoxy groups -OCH3 is 2. The lowest BCUT2D eigenvalue weighted by Crippen LogP contribution is -2.34. The van der Waals surface area contributed by atoms with E-state index in [9.17, 15) is 4.79 Å². The number of anilines is 1. The number of guanidine groups is 1. The Morgan fingerprint density at radius 1 is 1.12 bits per heavy atom. The molecule has 0 saturated heterocycles. The Balaban J connectivity index is 2.57. The van der Waals surface area contributed by atoms with Gasteiger partial charge in [-0.15, -0.1) is 0 Å². The first-order chi connectivity index (χ1) is 12.7. The molecule has 0 heterocycles. The van der Waals surface area contributed by atoms with Crippen molar-refractivity contribution in [1.82, 2.24) is 10.6 Å². The van der Waals surface area contributed by atoms with E-state index < -0.39 is 0 Å². The number of nitrogens with zero attached hydrogens (tertiary/aromatic N) is 1. The van der Waals surface area contributed by atoms with Crippen LogP contribution in [0.15, 0.2) is 29.3 Å². The van der Waals surface area contributed by atoms with E-state index in [0.29, 0.717) is 38.9 Å². The maximum absolute atomic E-state index is 11.7. The molecule has 0 bridgehead atoms. The molecular weight excluding hydrogens is 336 g/mol. The highest BCUT2D eigenvalue weighted by atomic mass is 16.5. The quantitative estimate of drug-likeness (QED) is 0.293. The summed E-state index contributed by atoms with van der Waals surface area (Å²) in [6.07, 6.45) is 0.830. The van der Waals surface area contributed by atoms with Gasteiger partial charge in [-0.2, -0.15) is 0 Å². The Labute approximate surface area is 155 Å². The molecular formula is C18H30N4O4. The summed E-state index contributed by atoms with van der Waals surface area (Å²) in [5.74, 6) is 1.14. The van der Waals surface area contributed by atoms with Gasteiger partial charge in [-0.1, -0.05) is 6.07 Å². The van der Waals surface area contributed by atoms with Crippen LogP contribution in [0.1, 0.15) is 13.3 Å². The molecule has 0 fully saturated rings. The molecule has 0 aliphatic heterocycles. The monoisotopic (exact) mass is 366 g/mol. The number of amides is 1. The fourth-order valence-electron chi connectivity index (χ4n) is 2.00. The predicted molar refractivity (Wildman–Crippen MR) is 103 cm³/mol. The number of nitrogens with one attached hydrogen (secondary N) is 3. The van der Waals surface area contributed by atoms with Crippen LogP contribution in [0, 0.1) is 0 Å². The second-order valence-corrected chi connectivity index (χ2v) is 5.39. The van der Waals surface area contributed by atoms with Gasteiger partial charge in [0.25, 0.3) is 0 Å². The lowest BCUT2D eigenvalue weighted by molar-refractivity contribution is -0.119. The molecule has 1 aromatic carbocycles. The molecule has 0 unspecified atom stereocenters. The van der Waals surface area contributed by atoms with Gasteiger partial charge in [-0.3, -0.25) is 4.79 Å². The fourth-order valence-corrected chi connectivity index (χ4v) is 2.00. The van der Waals surface area contributed by atoms with E-state index in [1.807, 2.05) is 31.2 Å². The van der Waals surface area contributed by atoms with Crippen molar-refractivity contribution >= 4 is 17.6 Å². The molecule has 0 aromatic heterocycles. The van der Waals surface area contributed by atoms with Gasteiger partial charge in [-0.25, -0.2) is 4.99 Å². The van der Waals surface area contributed by atoms with Gasteiger partial charge in [0.05, 0.1) is 13.2 Å². The van der Waals surface area contributed by atoms with E-state index >= 15 is 0 Å². The van der Waals surface area contributed by atoms with Crippen molar-refractivity contribution in [3.63, 3.8) is 0 Å². The van der Waals surface area contributed by atoms with Crippen molar-refractivity contribution in [2.45, 2.75) is 13.3 Å². The van der Waals surface area contributed by atoms with E-state index in [1.54, 1.807) is 14.2 Å². The lowest BCUT2D eigenvalue weighted by atomic mass is 10.3. The van der Waals surface area contributed by atoms with Gasteiger partial charge in [0.15, 0.2) is 5.96 Å². The van der Waals surface area contributed by atoms with Crippen LogP contribution >= 0.6 is 0 Å². The van der Waals surface area contributed by atoms with Crippen molar-refractivity contribution in [2.75, 3.05) is 59.0 Å². The lowest BCUT2D eigenvalue weighted by Gasteiger charge is -2.13. The minimum Gasteiger partial charge on any atom is -0.493 e. The second kappa shape index (κ2) is 13.9. The van der Waals surface area contributed by atoms with Gasteiger partial charge in [-0.05, 0) is 19.1 Å². The molecule has 0 atom stereocenters. The number of benzene rings is 1. The number of ether oxygens (including phenoxy) is 3. The zero-order valence-corrected chi connectivity index (χ0v) is 15.8. The van der Waals surface area contributed by atoms with Crippen molar-refractivity contribution in [1.29, 1.82) is 0 Å². The first-order valence-corrected chi connectivity index (χ1v) is 8.72. The number of aliphatic imine (C=N–C) groups is 1. The van der Waals surface area contributed by atoms with Gasteiger partial charge >= 0.3 is 0 Å². The first-order valence-electron chi connectivity index (χ1n) is 8.72. The molecule has 0 radical (unpaired) electrons. The Morgan fingerprint density at radius 3 is 2.65 bits per heavy atom. The fraction of sp³-hybridized carbons (Fsp3) is 0.556. The summed E-state index contributed by atoms with van der Waals surface area (Å²) in [5.41, 5.74) is 0.828. The molecule has 146 valence electrons. The minimum absolute atomic E-state index is 0.0340. The van der Waals surface area contributed by atoms with Gasteiger partial charge in [0.1, 0.15) is 12.3 Å². The average molecular weight is 366 g/mol. The van der Waals surface area contributed by atoms with E-state index in [4.69, 9.17) is 14.2 Å². The minimum atomic E-state index is -0.158. The SMILES string of the molecule is CCNC(=NCC(=O)NCCOC)Nc1cccc(OCCCOC)c1. The molecule has 26 heavy (non-hydrogen) atoms. The van der Waals surface area contributed by atoms with E-state index in [1.165, 1.54) is 0 Å². The third kappa shape index (κ3) is 9.85. The second-order valence-electron chi connectivity index (χ2n) is 5.39. The Morgan fingerprint density at radius 2 is 1.92 bits per heavy atom. The number of carbonyl (C=O) groups is 1. The van der Waals surface area contributed by atoms with Crippen LogP contribution in [0.25, 0.3) is 0 Å². The van der Waals surface area contributed by atoms with Crippen LogP contribution in [0.5, 0.6) is 5.75 Å². The summed E-state index contributed by atoms with van der Waals surface area (Å²) >= 11 is 0. The Kier molecular flexibility index (Phi) is 11.6. The Hall–Kier alpha value is -2.32. The zero-order valence-electron chi connectivity index (χ0n) is 15.8. The topological polar surface area (TPSA) is 93.2 Å². The number of hydrogen-bond acceptors (Lipinski definition) is 5. The third-order valence-corrected chi connectivity index (χ3v) is 3.21. The molecule has 0 spiro atoms. The first kappa shape index (κ1) is 21.7. The van der Waals surface area contributed by atoms with Gasteiger partial charge < -0.3 is 30.2 Å². The van der Waals surface area contributed by atoms with E-state index in [0.717, 1.165) is 17.9 Å². The van der Waals surface area contributed by atoms with Crippen LogP contribution in [0.3, 0.4) is 0 Å². The standard InChI is InChI=1S/C18H30N4O4/c1-4-19-18(21-14-17(23)20-9-12-25-3)22-15-7-5-8-16(13-15)26-11-6-10-24-2/h5,7-8,13H,4,6,9-12,14H2,1-3H3,(H,20,23)(H2,19,21,22). The summed E-state index contributed by atoms with van der Waals surface area (Å²) in [4.78, 5) is 16.0. The van der Waals surface area contributed by atoms with Crippen LogP contribution in [-0.2, 0) is 14.3 Å². The van der Waals surface area contributed by atoms with Crippen LogP contribution in [0.4, 0.5) is 5.69 Å².